The molecule has 0 heterocycles. The van der Waals surface area contributed by atoms with Crippen LogP contribution in [0.3, 0.4) is 0 Å². The predicted octanol–water partition coefficient (Wildman–Crippen LogP) is 2.66. The molecule has 1 heteroatoms. The average Bonchev–Trinajstić information content (AvgIpc) is 2.93. The molecule has 1 N–H and O–H groups in total. The predicted molar refractivity (Wildman–Crippen MR) is 58.3 cm³/mol. The van der Waals surface area contributed by atoms with Gasteiger partial charge in [0.05, 0.1) is 0 Å². The molecule has 1 nitrogen and oxygen atoms in total. The van der Waals surface area contributed by atoms with Crippen LogP contribution in [0.15, 0.2) is 24.3 Å². The van der Waals surface area contributed by atoms with Gasteiger partial charge in [-0.05, 0) is 36.8 Å². The molecular weight excluding hydrogens is 172 g/mol. The zero-order chi connectivity index (χ0) is 10.2. The molecule has 76 valence electrons. The van der Waals surface area contributed by atoms with Gasteiger partial charge in [0.2, 0.25) is 0 Å². The first-order valence-electron chi connectivity index (χ1n) is 5.41. The Kier molecular flexibility index (Phi) is 2.36. The average molecular weight is 190 g/mol. The second-order valence-corrected chi connectivity index (χ2v) is 4.41. The lowest BCUT2D eigenvalue weighted by molar-refractivity contribution is 0.262. The van der Waals surface area contributed by atoms with Crippen LogP contribution in [0.5, 0.6) is 0 Å². The third kappa shape index (κ3) is 1.27. The van der Waals surface area contributed by atoms with Crippen LogP contribution in [0.25, 0.3) is 0 Å². The Bertz CT molecular complexity index is 332. The molecule has 2 atom stereocenters. The molecule has 1 aromatic carbocycles. The standard InChI is InChI=1S/C13H18O/c1-3-13(8-11(13)9-14)12-7-5-4-6-10(12)2/h4-7,11,14H,3,8-9H2,1-2H3. The van der Waals surface area contributed by atoms with Gasteiger partial charge in [0, 0.05) is 12.0 Å². The molecule has 0 spiro atoms. The molecule has 2 rings (SSSR count). The molecule has 1 saturated carbocycles. The highest BCUT2D eigenvalue weighted by Gasteiger charge is 2.53. The van der Waals surface area contributed by atoms with Crippen LogP contribution in [-0.2, 0) is 5.41 Å². The van der Waals surface area contributed by atoms with E-state index in [4.69, 9.17) is 0 Å². The van der Waals surface area contributed by atoms with Crippen LogP contribution in [0, 0.1) is 12.8 Å². The fraction of sp³-hybridized carbons (Fsp3) is 0.538. The third-order valence-corrected chi connectivity index (χ3v) is 3.76. The van der Waals surface area contributed by atoms with E-state index in [-0.39, 0.29) is 0 Å². The number of hydrogen-bond donors (Lipinski definition) is 1. The Morgan fingerprint density at radius 2 is 2.14 bits per heavy atom. The van der Waals surface area contributed by atoms with Crippen LogP contribution < -0.4 is 0 Å². The number of hydrogen-bond acceptors (Lipinski definition) is 1. The SMILES string of the molecule is CCC1(c2ccccc2C)CC1CO. The fourth-order valence-corrected chi connectivity index (χ4v) is 2.70. The minimum absolute atomic E-state index is 0.292. The quantitative estimate of drug-likeness (QED) is 0.777. The lowest BCUT2D eigenvalue weighted by atomic mass is 9.87. The van der Waals surface area contributed by atoms with Gasteiger partial charge >= 0.3 is 0 Å². The van der Waals surface area contributed by atoms with Crippen molar-refractivity contribution in [2.75, 3.05) is 6.61 Å². The van der Waals surface area contributed by atoms with Gasteiger partial charge in [0.15, 0.2) is 0 Å². The highest BCUT2D eigenvalue weighted by atomic mass is 16.3. The monoisotopic (exact) mass is 190 g/mol. The summed E-state index contributed by atoms with van der Waals surface area (Å²) in [5, 5.41) is 9.22. The van der Waals surface area contributed by atoms with Crippen molar-refractivity contribution >= 4 is 0 Å². The molecule has 0 radical (unpaired) electrons. The maximum absolute atomic E-state index is 9.22. The second kappa shape index (κ2) is 3.39. The molecule has 1 aliphatic rings. The summed E-state index contributed by atoms with van der Waals surface area (Å²) in [6, 6.07) is 8.57. The van der Waals surface area contributed by atoms with Crippen molar-refractivity contribution in [1.82, 2.24) is 0 Å². The van der Waals surface area contributed by atoms with Crippen molar-refractivity contribution in [3.63, 3.8) is 0 Å². The highest BCUT2D eigenvalue weighted by Crippen LogP contribution is 2.57. The summed E-state index contributed by atoms with van der Waals surface area (Å²) in [6.07, 6.45) is 2.30. The molecule has 1 fully saturated rings. The molecule has 1 aliphatic carbocycles. The number of rotatable bonds is 3. The summed E-state index contributed by atoms with van der Waals surface area (Å²) < 4.78 is 0. The van der Waals surface area contributed by atoms with E-state index in [9.17, 15) is 5.11 Å². The van der Waals surface area contributed by atoms with Crippen LogP contribution in [0.1, 0.15) is 30.9 Å². The number of aryl methyl sites for hydroxylation is 1. The van der Waals surface area contributed by atoms with E-state index in [1.54, 1.807) is 0 Å². The first-order chi connectivity index (χ1) is 6.74. The molecular formula is C13H18O. The van der Waals surface area contributed by atoms with Crippen molar-refractivity contribution in [1.29, 1.82) is 0 Å². The van der Waals surface area contributed by atoms with Gasteiger partial charge in [-0.25, -0.2) is 0 Å². The van der Waals surface area contributed by atoms with E-state index in [2.05, 4.69) is 38.1 Å². The molecule has 0 aliphatic heterocycles. The normalized spacial score (nSPS) is 30.4. The molecule has 0 bridgehead atoms. The van der Waals surface area contributed by atoms with Crippen LogP contribution in [0.2, 0.25) is 0 Å². The van der Waals surface area contributed by atoms with E-state index in [0.717, 1.165) is 12.8 Å². The van der Waals surface area contributed by atoms with Crippen molar-refractivity contribution in [3.8, 4) is 0 Å². The van der Waals surface area contributed by atoms with Gasteiger partial charge < -0.3 is 5.11 Å². The van der Waals surface area contributed by atoms with E-state index in [1.165, 1.54) is 11.1 Å². The Balaban J connectivity index is 2.35. The number of aliphatic hydroxyl groups is 1. The van der Waals surface area contributed by atoms with E-state index < -0.39 is 0 Å². The number of aliphatic hydroxyl groups excluding tert-OH is 1. The Morgan fingerprint density at radius 3 is 2.64 bits per heavy atom. The van der Waals surface area contributed by atoms with E-state index in [1.807, 2.05) is 0 Å². The molecule has 14 heavy (non-hydrogen) atoms. The maximum Gasteiger partial charge on any atom is 0.0468 e. The molecule has 0 saturated heterocycles. The van der Waals surface area contributed by atoms with E-state index >= 15 is 0 Å². The summed E-state index contributed by atoms with van der Waals surface area (Å²) in [7, 11) is 0. The van der Waals surface area contributed by atoms with Crippen LogP contribution in [0.4, 0.5) is 0 Å². The zero-order valence-corrected chi connectivity index (χ0v) is 8.96. The lowest BCUT2D eigenvalue weighted by Crippen LogP contribution is -2.12. The molecule has 2 unspecified atom stereocenters. The summed E-state index contributed by atoms with van der Waals surface area (Å²) >= 11 is 0. The fourth-order valence-electron chi connectivity index (χ4n) is 2.70. The van der Waals surface area contributed by atoms with Gasteiger partial charge in [0.25, 0.3) is 0 Å². The summed E-state index contributed by atoms with van der Waals surface area (Å²) in [6.45, 7) is 4.73. The summed E-state index contributed by atoms with van der Waals surface area (Å²) in [5.41, 5.74) is 3.10. The minimum atomic E-state index is 0.292. The first kappa shape index (κ1) is 9.72. The van der Waals surface area contributed by atoms with E-state index in [0.29, 0.717) is 17.9 Å². The number of benzene rings is 1. The third-order valence-electron chi connectivity index (χ3n) is 3.76. The topological polar surface area (TPSA) is 20.2 Å². The van der Waals surface area contributed by atoms with Crippen molar-refractivity contribution < 1.29 is 5.11 Å². The smallest absolute Gasteiger partial charge is 0.0468 e. The van der Waals surface area contributed by atoms with Crippen molar-refractivity contribution in [2.45, 2.75) is 32.1 Å². The van der Waals surface area contributed by atoms with Gasteiger partial charge in [0.1, 0.15) is 0 Å². The highest BCUT2D eigenvalue weighted by molar-refractivity contribution is 5.39. The van der Waals surface area contributed by atoms with Crippen molar-refractivity contribution in [2.24, 2.45) is 5.92 Å². The maximum atomic E-state index is 9.22. The van der Waals surface area contributed by atoms with Gasteiger partial charge in [-0.2, -0.15) is 0 Å². The zero-order valence-electron chi connectivity index (χ0n) is 8.96. The Morgan fingerprint density at radius 1 is 1.43 bits per heavy atom. The Labute approximate surface area is 85.8 Å². The Hall–Kier alpha value is -0.820. The minimum Gasteiger partial charge on any atom is -0.396 e. The van der Waals surface area contributed by atoms with Crippen molar-refractivity contribution in [3.05, 3.63) is 35.4 Å². The van der Waals surface area contributed by atoms with Crippen LogP contribution in [-0.4, -0.2) is 11.7 Å². The molecule has 0 amide bonds. The lowest BCUT2D eigenvalue weighted by Gasteiger charge is -2.17. The first-order valence-corrected chi connectivity index (χ1v) is 5.41. The largest absolute Gasteiger partial charge is 0.396 e. The van der Waals surface area contributed by atoms with Crippen LogP contribution >= 0.6 is 0 Å². The second-order valence-electron chi connectivity index (χ2n) is 4.41. The molecule has 1 aromatic rings. The molecule has 0 aromatic heterocycles. The van der Waals surface area contributed by atoms with Gasteiger partial charge in [-0.15, -0.1) is 0 Å². The summed E-state index contributed by atoms with van der Waals surface area (Å²) in [5.74, 6) is 0.494. The van der Waals surface area contributed by atoms with Gasteiger partial charge in [-0.3, -0.25) is 0 Å². The van der Waals surface area contributed by atoms with Gasteiger partial charge in [-0.1, -0.05) is 31.2 Å². The summed E-state index contributed by atoms with van der Waals surface area (Å²) in [4.78, 5) is 0.